The molecule has 0 radical (unpaired) electrons. The molecule has 55 heavy (non-hydrogen) atoms. The fraction of sp³-hybridized carbons (Fsp3) is 0.537. The third-order valence-electron chi connectivity index (χ3n) is 11.9. The maximum Gasteiger partial charge on any atom is 0.417 e. The highest BCUT2D eigenvalue weighted by molar-refractivity contribution is 6.32. The molecule has 4 heterocycles. The van der Waals surface area contributed by atoms with Crippen molar-refractivity contribution in [3.05, 3.63) is 76.5 Å². The van der Waals surface area contributed by atoms with Crippen LogP contribution in [0.4, 0.5) is 19.0 Å². The molecular formula is C41H49ClF3N7O3. The number of hydrogen-bond acceptors (Lipinski definition) is 8. The molecule has 3 aliphatic rings. The summed E-state index contributed by atoms with van der Waals surface area (Å²) in [6.45, 7) is 12.1. The largest absolute Gasteiger partial charge is 0.497 e. The van der Waals surface area contributed by atoms with Gasteiger partial charge in [0.2, 0.25) is 0 Å². The number of benzene rings is 2. The molecule has 3 fully saturated rings. The molecule has 0 spiro atoms. The number of aromatic nitrogens is 5. The van der Waals surface area contributed by atoms with Gasteiger partial charge in [0, 0.05) is 43.7 Å². The first kappa shape index (κ1) is 38.0. The summed E-state index contributed by atoms with van der Waals surface area (Å²) in [6.07, 6.45) is 3.70. The molecule has 2 aromatic carbocycles. The Morgan fingerprint density at radius 2 is 1.87 bits per heavy atom. The molecule has 0 amide bonds. The van der Waals surface area contributed by atoms with E-state index in [1.165, 1.54) is 11.6 Å². The molecule has 0 bridgehead atoms. The molecule has 8 rings (SSSR count). The highest BCUT2D eigenvalue weighted by Crippen LogP contribution is 2.49. The Bertz CT molecular complexity index is 2180. The number of ether oxygens (including phenoxy) is 3. The number of aromatic amines is 1. The number of rotatable bonds is 12. The van der Waals surface area contributed by atoms with E-state index in [9.17, 15) is 13.2 Å². The Labute approximate surface area is 324 Å². The van der Waals surface area contributed by atoms with Gasteiger partial charge in [0.1, 0.15) is 35.5 Å². The molecule has 2 aliphatic carbocycles. The summed E-state index contributed by atoms with van der Waals surface area (Å²) in [5, 5.41) is 4.17. The molecule has 4 atom stereocenters. The average molecular weight is 780 g/mol. The second-order valence-electron chi connectivity index (χ2n) is 16.3. The van der Waals surface area contributed by atoms with Gasteiger partial charge in [-0.25, -0.2) is 15.0 Å². The van der Waals surface area contributed by atoms with Crippen LogP contribution in [0.25, 0.3) is 22.1 Å². The van der Waals surface area contributed by atoms with Crippen molar-refractivity contribution in [1.29, 1.82) is 0 Å². The Morgan fingerprint density at radius 1 is 1.09 bits per heavy atom. The summed E-state index contributed by atoms with van der Waals surface area (Å²) < 4.78 is 61.1. The van der Waals surface area contributed by atoms with Crippen LogP contribution in [0.3, 0.4) is 0 Å². The van der Waals surface area contributed by atoms with Gasteiger partial charge in [-0.3, -0.25) is 4.90 Å². The minimum absolute atomic E-state index is 0.0495. The van der Waals surface area contributed by atoms with Crippen molar-refractivity contribution in [2.45, 2.75) is 116 Å². The van der Waals surface area contributed by atoms with Crippen LogP contribution in [0.15, 0.2) is 48.9 Å². The number of nitrogens with zero attached hydrogens (tertiary/aromatic N) is 5. The van der Waals surface area contributed by atoms with Crippen molar-refractivity contribution < 1.29 is 27.4 Å². The zero-order chi connectivity index (χ0) is 38.8. The SMILES string of the molecule is COc1ccc(CNc2ncnc3c2ccn3[C@@H]2C[C@H](CN(C(C)C)C3CC(CCc4nc5cc(Cl)c(C(F)(F)F)cc5[nH]4)C3)[C@H]3OC(C)(C)O[C@H]32)c(C)c1. The first-order valence-electron chi connectivity index (χ1n) is 19.2. The summed E-state index contributed by atoms with van der Waals surface area (Å²) in [4.78, 5) is 19.6. The van der Waals surface area contributed by atoms with Crippen LogP contribution in [0.1, 0.15) is 81.9 Å². The highest BCUT2D eigenvalue weighted by Gasteiger charge is 2.55. The molecule has 3 aromatic heterocycles. The van der Waals surface area contributed by atoms with Crippen LogP contribution in [0.5, 0.6) is 5.75 Å². The van der Waals surface area contributed by atoms with Gasteiger partial charge in [-0.05, 0) is 108 Å². The number of anilines is 1. The highest BCUT2D eigenvalue weighted by atomic mass is 35.5. The van der Waals surface area contributed by atoms with E-state index in [-0.39, 0.29) is 29.2 Å². The first-order valence-corrected chi connectivity index (χ1v) is 19.6. The predicted molar refractivity (Wildman–Crippen MR) is 206 cm³/mol. The number of fused-ring (bicyclic) bond motifs is 3. The monoisotopic (exact) mass is 779 g/mol. The number of halogens is 4. The molecule has 2 N–H and O–H groups in total. The Morgan fingerprint density at radius 3 is 2.60 bits per heavy atom. The quantitative estimate of drug-likeness (QED) is 0.129. The van der Waals surface area contributed by atoms with Crippen molar-refractivity contribution in [2.75, 3.05) is 19.0 Å². The number of nitrogens with one attached hydrogen (secondary N) is 2. The number of aryl methyl sites for hydroxylation is 2. The lowest BCUT2D eigenvalue weighted by Gasteiger charge is -2.46. The van der Waals surface area contributed by atoms with Crippen LogP contribution in [-0.4, -0.2) is 73.1 Å². The molecule has 2 saturated carbocycles. The maximum atomic E-state index is 13.4. The lowest BCUT2D eigenvalue weighted by molar-refractivity contribution is -0.161. The van der Waals surface area contributed by atoms with E-state index >= 15 is 0 Å². The molecule has 1 aliphatic heterocycles. The number of methoxy groups -OCH3 is 1. The summed E-state index contributed by atoms with van der Waals surface area (Å²) in [7, 11) is 1.68. The van der Waals surface area contributed by atoms with Gasteiger partial charge in [0.05, 0.1) is 46.3 Å². The number of hydrogen-bond donors (Lipinski definition) is 2. The third kappa shape index (κ3) is 7.52. The fourth-order valence-electron chi connectivity index (χ4n) is 9.08. The Balaban J connectivity index is 0.930. The molecule has 0 unspecified atom stereocenters. The smallest absolute Gasteiger partial charge is 0.417 e. The van der Waals surface area contributed by atoms with E-state index in [1.54, 1.807) is 13.4 Å². The van der Waals surface area contributed by atoms with Gasteiger partial charge in [0.25, 0.3) is 0 Å². The van der Waals surface area contributed by atoms with Crippen LogP contribution in [0, 0.1) is 18.8 Å². The molecule has 10 nitrogen and oxygen atoms in total. The fourth-order valence-corrected chi connectivity index (χ4v) is 9.35. The lowest BCUT2D eigenvalue weighted by atomic mass is 9.76. The van der Waals surface area contributed by atoms with Crippen molar-refractivity contribution >= 4 is 39.5 Å². The summed E-state index contributed by atoms with van der Waals surface area (Å²) in [5.74, 6) is 2.41. The standard InChI is InChI=1S/C41H49ClF3N7O3/c1-22(2)52(27-14-24(15-27)7-10-35-49-32-17-30(41(43,44)45)31(42)18-33(32)50-35)20-26-16-34(37-36(26)54-40(4,5)55-37)51-12-11-29-38(47-21-48-39(29)51)46-19-25-8-9-28(53-6)13-23(25)3/h8-9,11-13,17-18,21-22,24,26-27,34,36-37H,7,10,14-16,19-20H2,1-6H3,(H,49,50)(H,46,47,48)/t24?,26-,27?,34-,36-,37+/m1/s1. The second kappa shape index (κ2) is 14.5. The van der Waals surface area contributed by atoms with E-state index in [0.29, 0.717) is 47.8 Å². The molecule has 1 saturated heterocycles. The molecule has 294 valence electrons. The third-order valence-corrected chi connectivity index (χ3v) is 12.2. The van der Waals surface area contributed by atoms with Crippen LogP contribution in [-0.2, 0) is 28.6 Å². The van der Waals surface area contributed by atoms with Crippen LogP contribution >= 0.6 is 11.6 Å². The summed E-state index contributed by atoms with van der Waals surface area (Å²) in [5.41, 5.74) is 3.15. The average Bonchev–Trinajstić information content (AvgIpc) is 3.86. The lowest BCUT2D eigenvalue weighted by Crippen LogP contribution is -2.51. The molecule has 5 aromatic rings. The van der Waals surface area contributed by atoms with Crippen LogP contribution < -0.4 is 10.1 Å². The zero-order valence-corrected chi connectivity index (χ0v) is 32.8. The van der Waals surface area contributed by atoms with E-state index in [1.807, 2.05) is 26.0 Å². The minimum atomic E-state index is -4.51. The Kier molecular flexibility index (Phi) is 10.0. The van der Waals surface area contributed by atoms with Gasteiger partial charge < -0.3 is 29.1 Å². The van der Waals surface area contributed by atoms with Crippen LogP contribution in [0.2, 0.25) is 5.02 Å². The van der Waals surface area contributed by atoms with Gasteiger partial charge >= 0.3 is 6.18 Å². The maximum absolute atomic E-state index is 13.4. The molecular weight excluding hydrogens is 731 g/mol. The van der Waals surface area contributed by atoms with Crippen molar-refractivity contribution in [1.82, 2.24) is 29.4 Å². The van der Waals surface area contributed by atoms with Gasteiger partial charge in [-0.1, -0.05) is 17.7 Å². The number of alkyl halides is 3. The van der Waals surface area contributed by atoms with E-state index in [4.69, 9.17) is 30.8 Å². The van der Waals surface area contributed by atoms with Gasteiger partial charge in [0.15, 0.2) is 5.79 Å². The summed E-state index contributed by atoms with van der Waals surface area (Å²) >= 11 is 5.93. The second-order valence-corrected chi connectivity index (χ2v) is 16.7. The number of imidazole rings is 1. The van der Waals surface area contributed by atoms with Crippen molar-refractivity contribution in [3.63, 3.8) is 0 Å². The van der Waals surface area contributed by atoms with Crippen molar-refractivity contribution in [3.8, 4) is 5.75 Å². The summed E-state index contributed by atoms with van der Waals surface area (Å²) in [6, 6.07) is 11.4. The minimum Gasteiger partial charge on any atom is -0.497 e. The van der Waals surface area contributed by atoms with E-state index in [2.05, 4.69) is 68.8 Å². The van der Waals surface area contributed by atoms with Gasteiger partial charge in [-0.2, -0.15) is 13.2 Å². The zero-order valence-electron chi connectivity index (χ0n) is 32.1. The van der Waals surface area contributed by atoms with E-state index < -0.39 is 17.5 Å². The topological polar surface area (TPSA) is 102 Å². The van der Waals surface area contributed by atoms with E-state index in [0.717, 1.165) is 66.5 Å². The van der Waals surface area contributed by atoms with Gasteiger partial charge in [-0.15, -0.1) is 0 Å². The first-order chi connectivity index (χ1) is 26.2. The Hall–Kier alpha value is -3.91. The van der Waals surface area contributed by atoms with Crippen molar-refractivity contribution in [2.24, 2.45) is 11.8 Å². The normalized spacial score (nSPS) is 24.9. The predicted octanol–water partition coefficient (Wildman–Crippen LogP) is 9.11. The number of H-pyrrole nitrogens is 1. The molecule has 14 heteroatoms.